The molecule has 0 aromatic carbocycles. The summed E-state index contributed by atoms with van der Waals surface area (Å²) in [6.07, 6.45) is 15.7. The number of piperidine rings is 1. The van der Waals surface area contributed by atoms with Gasteiger partial charge in [-0.1, -0.05) is 51.0 Å². The zero-order valence-electron chi connectivity index (χ0n) is 34.6. The molecule has 3 heterocycles. The normalized spacial score (nSPS) is 43.5. The van der Waals surface area contributed by atoms with Crippen molar-refractivity contribution in [1.82, 2.24) is 4.90 Å². The summed E-state index contributed by atoms with van der Waals surface area (Å²) < 4.78 is 31.4. The van der Waals surface area contributed by atoms with Crippen molar-refractivity contribution in [3.8, 4) is 0 Å². The molecule has 0 aromatic heterocycles. The molecule has 0 aromatic rings. The zero-order chi connectivity index (χ0) is 38.7. The van der Waals surface area contributed by atoms with Crippen LogP contribution in [0.1, 0.15) is 118 Å². The summed E-state index contributed by atoms with van der Waals surface area (Å²) >= 11 is 0. The third kappa shape index (κ3) is 12.4. The van der Waals surface area contributed by atoms with Gasteiger partial charge in [-0.25, -0.2) is 0 Å². The molecule has 3 fully saturated rings. The summed E-state index contributed by atoms with van der Waals surface area (Å²) in [6, 6.07) is 0.211. The van der Waals surface area contributed by atoms with Gasteiger partial charge in [0, 0.05) is 52.2 Å². The Bertz CT molecular complexity index is 1160. The predicted octanol–water partition coefficient (Wildman–Crippen LogP) is 7.23. The lowest BCUT2D eigenvalue weighted by Gasteiger charge is -2.48. The van der Waals surface area contributed by atoms with Gasteiger partial charge >= 0.3 is 0 Å². The molecule has 4 aliphatic rings. The molecule has 306 valence electrons. The Morgan fingerprint density at radius 1 is 0.925 bits per heavy atom. The fourth-order valence-corrected chi connectivity index (χ4v) is 9.92. The Kier molecular flexibility index (Phi) is 18.0. The minimum Gasteiger partial charge on any atom is -0.393 e. The first-order valence-electron chi connectivity index (χ1n) is 21.0. The van der Waals surface area contributed by atoms with E-state index in [0.717, 1.165) is 76.3 Å². The van der Waals surface area contributed by atoms with Gasteiger partial charge in [0.15, 0.2) is 5.79 Å². The molecule has 1 saturated carbocycles. The number of rotatable bonds is 7. The molecule has 53 heavy (non-hydrogen) atoms. The molecule has 0 amide bonds. The quantitative estimate of drug-likeness (QED) is 0.233. The Labute approximate surface area is 322 Å². The van der Waals surface area contributed by atoms with Crippen molar-refractivity contribution >= 4 is 0 Å². The van der Waals surface area contributed by atoms with E-state index in [4.69, 9.17) is 23.7 Å². The van der Waals surface area contributed by atoms with E-state index in [1.54, 1.807) is 21.3 Å². The lowest BCUT2D eigenvalue weighted by Crippen LogP contribution is -2.58. The maximum absolute atomic E-state index is 12.2. The van der Waals surface area contributed by atoms with Crippen molar-refractivity contribution in [3.05, 3.63) is 36.0 Å². The molecule has 1 aliphatic carbocycles. The summed E-state index contributed by atoms with van der Waals surface area (Å²) in [5.74, 6) is -0.572. The number of hydrogen-bond acceptors (Lipinski definition) is 9. The van der Waals surface area contributed by atoms with Crippen LogP contribution in [0.2, 0.25) is 0 Å². The Balaban J connectivity index is 1.64. The summed E-state index contributed by atoms with van der Waals surface area (Å²) in [5, 5.41) is 34.4. The van der Waals surface area contributed by atoms with Gasteiger partial charge in [0.05, 0.1) is 43.2 Å². The second-order valence-electron chi connectivity index (χ2n) is 17.5. The van der Waals surface area contributed by atoms with E-state index in [1.807, 2.05) is 6.08 Å². The van der Waals surface area contributed by atoms with Crippen molar-refractivity contribution in [1.29, 1.82) is 0 Å². The van der Waals surface area contributed by atoms with Gasteiger partial charge in [-0.3, -0.25) is 4.90 Å². The molecule has 2 saturated heterocycles. The highest BCUT2D eigenvalue weighted by Crippen LogP contribution is 2.40. The van der Waals surface area contributed by atoms with Crippen molar-refractivity contribution < 1.29 is 39.0 Å². The number of aliphatic hydroxyl groups is 3. The molecular weight excluding hydrogens is 670 g/mol. The van der Waals surface area contributed by atoms with Gasteiger partial charge in [0.2, 0.25) is 0 Å². The SMILES string of the molecule is C=CCC1/C=C(/C)CC(C)CC(OC)C2OC(O)(CCN3CCCCC3COC(C(C)=CC3CCC(O)C(OC)C3)C(C)C(O)CC1)C(C)CC2OC. The van der Waals surface area contributed by atoms with Gasteiger partial charge in [0.1, 0.15) is 6.10 Å². The van der Waals surface area contributed by atoms with Crippen molar-refractivity contribution in [3.63, 3.8) is 0 Å². The predicted molar refractivity (Wildman–Crippen MR) is 212 cm³/mol. The monoisotopic (exact) mass is 748 g/mol. The molecule has 3 N–H and O–H groups in total. The second kappa shape index (κ2) is 21.4. The smallest absolute Gasteiger partial charge is 0.169 e. The van der Waals surface area contributed by atoms with Crippen molar-refractivity contribution in [2.45, 2.75) is 173 Å². The van der Waals surface area contributed by atoms with Gasteiger partial charge in [-0.05, 0) is 114 Å². The van der Waals surface area contributed by atoms with Crippen LogP contribution in [0.3, 0.4) is 0 Å². The third-order valence-electron chi connectivity index (χ3n) is 13.3. The first-order chi connectivity index (χ1) is 25.3. The second-order valence-corrected chi connectivity index (χ2v) is 17.5. The number of hydrogen-bond donors (Lipinski definition) is 3. The standard InChI is InChI=1S/C44H77NO8/c1-10-13-34-15-17-37(46)33(6)42(31(4)25-35-16-18-38(47)39(27-35)49-7)52-28-36-14-11-12-20-45(36)21-19-44(48)32(5)26-41(51-9)43(53-44)40(50-8)24-30(3)22-29(2)23-34/h10,23,25,30,32-43,46-48H,1,11-22,24,26-28H2,2-9H3/b29-23-,31-25?. The van der Waals surface area contributed by atoms with Crippen LogP contribution < -0.4 is 0 Å². The molecule has 9 heteroatoms. The van der Waals surface area contributed by atoms with Crippen LogP contribution in [0, 0.1) is 29.6 Å². The van der Waals surface area contributed by atoms with Crippen molar-refractivity contribution in [2.24, 2.45) is 29.6 Å². The van der Waals surface area contributed by atoms with Crippen LogP contribution in [-0.2, 0) is 23.7 Å². The number of fused-ring (bicyclic) bond motifs is 3. The van der Waals surface area contributed by atoms with Crippen LogP contribution in [0.4, 0.5) is 0 Å². The van der Waals surface area contributed by atoms with Crippen LogP contribution in [-0.4, -0.2) is 116 Å². The Morgan fingerprint density at radius 2 is 1.62 bits per heavy atom. The average Bonchev–Trinajstić information content (AvgIpc) is 3.13. The lowest BCUT2D eigenvalue weighted by atomic mass is 9.82. The fourth-order valence-electron chi connectivity index (χ4n) is 9.92. The number of methoxy groups -OCH3 is 3. The highest BCUT2D eigenvalue weighted by molar-refractivity contribution is 5.11. The van der Waals surface area contributed by atoms with E-state index >= 15 is 0 Å². The van der Waals surface area contributed by atoms with Gasteiger partial charge in [-0.15, -0.1) is 6.58 Å². The summed E-state index contributed by atoms with van der Waals surface area (Å²) in [5.41, 5.74) is 2.47. The minimum atomic E-state index is -1.29. The molecule has 2 bridgehead atoms. The van der Waals surface area contributed by atoms with E-state index in [9.17, 15) is 15.3 Å². The number of allylic oxidation sites excluding steroid dienone is 4. The van der Waals surface area contributed by atoms with Gasteiger partial charge < -0.3 is 39.0 Å². The third-order valence-corrected chi connectivity index (χ3v) is 13.3. The first kappa shape index (κ1) is 44.6. The van der Waals surface area contributed by atoms with Crippen LogP contribution in [0.5, 0.6) is 0 Å². The minimum absolute atomic E-state index is 0.0928. The van der Waals surface area contributed by atoms with E-state index in [-0.39, 0.29) is 60.2 Å². The Hall–Kier alpha value is -1.14. The fraction of sp³-hybridized carbons (Fsp3) is 0.864. The topological polar surface area (TPSA) is 110 Å². The maximum Gasteiger partial charge on any atom is 0.169 e. The lowest BCUT2D eigenvalue weighted by molar-refractivity contribution is -0.324. The van der Waals surface area contributed by atoms with Crippen molar-refractivity contribution in [2.75, 3.05) is 41.0 Å². The molecule has 0 radical (unpaired) electrons. The van der Waals surface area contributed by atoms with Gasteiger partial charge in [0.25, 0.3) is 0 Å². The van der Waals surface area contributed by atoms with Crippen LogP contribution in [0.25, 0.3) is 0 Å². The molecular formula is C44H77NO8. The molecule has 9 nitrogen and oxygen atoms in total. The van der Waals surface area contributed by atoms with E-state index < -0.39 is 18.0 Å². The maximum atomic E-state index is 12.2. The highest BCUT2D eigenvalue weighted by Gasteiger charge is 2.49. The van der Waals surface area contributed by atoms with E-state index in [0.29, 0.717) is 38.3 Å². The first-order valence-corrected chi connectivity index (χ1v) is 21.0. The van der Waals surface area contributed by atoms with Crippen LogP contribution in [0.15, 0.2) is 36.0 Å². The molecule has 3 aliphatic heterocycles. The van der Waals surface area contributed by atoms with Gasteiger partial charge in [-0.2, -0.15) is 0 Å². The van der Waals surface area contributed by atoms with E-state index in [2.05, 4.69) is 58.2 Å². The van der Waals surface area contributed by atoms with Crippen LogP contribution >= 0.6 is 0 Å². The average molecular weight is 748 g/mol. The Morgan fingerprint density at radius 3 is 2.32 bits per heavy atom. The summed E-state index contributed by atoms with van der Waals surface area (Å²) in [4.78, 5) is 2.49. The number of nitrogens with zero attached hydrogens (tertiary/aromatic N) is 1. The molecule has 14 unspecified atom stereocenters. The largest absolute Gasteiger partial charge is 0.393 e. The highest BCUT2D eigenvalue weighted by atomic mass is 16.7. The summed E-state index contributed by atoms with van der Waals surface area (Å²) in [7, 11) is 5.17. The zero-order valence-corrected chi connectivity index (χ0v) is 34.6. The van der Waals surface area contributed by atoms with E-state index in [1.165, 1.54) is 5.57 Å². The number of aliphatic hydroxyl groups excluding tert-OH is 2. The number of ether oxygens (including phenoxy) is 5. The molecule has 0 spiro atoms. The summed E-state index contributed by atoms with van der Waals surface area (Å²) in [6.45, 7) is 17.1. The molecule has 4 rings (SSSR count). The molecule has 14 atom stereocenters.